The van der Waals surface area contributed by atoms with E-state index in [0.717, 1.165) is 26.1 Å². The first kappa shape index (κ1) is 15.8. The molecular weight excluding hydrogens is 204 g/mol. The van der Waals surface area contributed by atoms with Crippen molar-refractivity contribution in [3.05, 3.63) is 0 Å². The van der Waals surface area contributed by atoms with Crippen LogP contribution in [0.15, 0.2) is 0 Å². The van der Waals surface area contributed by atoms with Crippen molar-refractivity contribution in [3.63, 3.8) is 0 Å². The molecule has 0 atom stereocenters. The molecule has 0 aromatic rings. The summed E-state index contributed by atoms with van der Waals surface area (Å²) in [6.07, 6.45) is 2.06. The van der Waals surface area contributed by atoms with Crippen LogP contribution >= 0.6 is 0 Å². The molecule has 4 nitrogen and oxygen atoms in total. The SMILES string of the molecule is CCOC(CCNCCCN(C)C)OCC. The molecule has 0 unspecified atom stereocenters. The van der Waals surface area contributed by atoms with Gasteiger partial charge in [0, 0.05) is 19.6 Å². The van der Waals surface area contributed by atoms with Gasteiger partial charge < -0.3 is 19.7 Å². The van der Waals surface area contributed by atoms with E-state index in [4.69, 9.17) is 9.47 Å². The molecule has 0 aromatic heterocycles. The predicted octanol–water partition coefficient (Wildman–Crippen LogP) is 1.32. The number of hydrogen-bond donors (Lipinski definition) is 1. The lowest BCUT2D eigenvalue weighted by atomic mass is 10.3. The summed E-state index contributed by atoms with van der Waals surface area (Å²) in [6.45, 7) is 8.57. The number of nitrogens with zero attached hydrogens (tertiary/aromatic N) is 1. The summed E-state index contributed by atoms with van der Waals surface area (Å²) in [7, 11) is 4.19. The largest absolute Gasteiger partial charge is 0.353 e. The van der Waals surface area contributed by atoms with E-state index in [1.54, 1.807) is 0 Å². The lowest BCUT2D eigenvalue weighted by molar-refractivity contribution is -0.138. The summed E-state index contributed by atoms with van der Waals surface area (Å²) in [5, 5.41) is 3.40. The van der Waals surface area contributed by atoms with Gasteiger partial charge in [-0.25, -0.2) is 0 Å². The fourth-order valence-electron chi connectivity index (χ4n) is 1.45. The molecule has 0 aromatic carbocycles. The van der Waals surface area contributed by atoms with Gasteiger partial charge in [0.05, 0.1) is 0 Å². The lowest BCUT2D eigenvalue weighted by Gasteiger charge is -2.17. The van der Waals surface area contributed by atoms with Gasteiger partial charge in [-0.3, -0.25) is 0 Å². The van der Waals surface area contributed by atoms with Crippen molar-refractivity contribution in [2.45, 2.75) is 33.0 Å². The number of hydrogen-bond acceptors (Lipinski definition) is 4. The topological polar surface area (TPSA) is 33.7 Å². The monoisotopic (exact) mass is 232 g/mol. The molecule has 1 N–H and O–H groups in total. The molecule has 0 bridgehead atoms. The summed E-state index contributed by atoms with van der Waals surface area (Å²) < 4.78 is 10.9. The highest BCUT2D eigenvalue weighted by Gasteiger charge is 2.06. The van der Waals surface area contributed by atoms with Gasteiger partial charge in [0.25, 0.3) is 0 Å². The van der Waals surface area contributed by atoms with E-state index in [1.165, 1.54) is 6.42 Å². The van der Waals surface area contributed by atoms with Crippen LogP contribution in [-0.4, -0.2) is 58.1 Å². The van der Waals surface area contributed by atoms with Gasteiger partial charge >= 0.3 is 0 Å². The molecule has 0 heterocycles. The van der Waals surface area contributed by atoms with Gasteiger partial charge in [0.1, 0.15) is 0 Å². The van der Waals surface area contributed by atoms with Gasteiger partial charge in [-0.1, -0.05) is 0 Å². The van der Waals surface area contributed by atoms with Gasteiger partial charge in [-0.05, 0) is 54.0 Å². The first-order chi connectivity index (χ1) is 7.70. The molecular formula is C12H28N2O2. The smallest absolute Gasteiger partial charge is 0.158 e. The van der Waals surface area contributed by atoms with E-state index < -0.39 is 0 Å². The third-order valence-corrected chi connectivity index (χ3v) is 2.22. The van der Waals surface area contributed by atoms with Gasteiger partial charge in [-0.2, -0.15) is 0 Å². The minimum atomic E-state index is -0.0450. The average molecular weight is 232 g/mol. The summed E-state index contributed by atoms with van der Waals surface area (Å²) in [4.78, 5) is 2.20. The Bertz CT molecular complexity index is 137. The normalized spacial score (nSPS) is 11.6. The van der Waals surface area contributed by atoms with Gasteiger partial charge in [0.2, 0.25) is 0 Å². The number of ether oxygens (including phenoxy) is 2. The molecule has 0 fully saturated rings. The lowest BCUT2D eigenvalue weighted by Crippen LogP contribution is -2.27. The predicted molar refractivity (Wildman–Crippen MR) is 67.7 cm³/mol. The van der Waals surface area contributed by atoms with Crippen LogP contribution in [0.5, 0.6) is 0 Å². The molecule has 4 heteroatoms. The Morgan fingerprint density at radius 2 is 1.69 bits per heavy atom. The van der Waals surface area contributed by atoms with Crippen LogP contribution in [0.2, 0.25) is 0 Å². The minimum absolute atomic E-state index is 0.0450. The van der Waals surface area contributed by atoms with E-state index in [9.17, 15) is 0 Å². The van der Waals surface area contributed by atoms with Crippen LogP contribution in [0.25, 0.3) is 0 Å². The second-order valence-electron chi connectivity index (χ2n) is 4.04. The Kier molecular flexibility index (Phi) is 11.2. The van der Waals surface area contributed by atoms with Crippen LogP contribution in [0.3, 0.4) is 0 Å². The van der Waals surface area contributed by atoms with Gasteiger partial charge in [0.15, 0.2) is 6.29 Å². The van der Waals surface area contributed by atoms with Crippen molar-refractivity contribution in [3.8, 4) is 0 Å². The Balaban J connectivity index is 3.32. The highest BCUT2D eigenvalue weighted by molar-refractivity contribution is 4.53. The molecule has 0 radical (unpaired) electrons. The first-order valence-corrected chi connectivity index (χ1v) is 6.29. The van der Waals surface area contributed by atoms with Crippen LogP contribution in [0.1, 0.15) is 26.7 Å². The molecule has 0 spiro atoms. The molecule has 0 saturated heterocycles. The zero-order valence-corrected chi connectivity index (χ0v) is 11.3. The van der Waals surface area contributed by atoms with E-state index in [0.29, 0.717) is 13.2 Å². The molecule has 0 aliphatic heterocycles. The molecule has 16 heavy (non-hydrogen) atoms. The second-order valence-corrected chi connectivity index (χ2v) is 4.04. The molecule has 0 saturated carbocycles. The quantitative estimate of drug-likeness (QED) is 0.430. The van der Waals surface area contributed by atoms with E-state index in [2.05, 4.69) is 24.3 Å². The van der Waals surface area contributed by atoms with Crippen molar-refractivity contribution >= 4 is 0 Å². The number of nitrogens with one attached hydrogen (secondary N) is 1. The molecule has 98 valence electrons. The van der Waals surface area contributed by atoms with Crippen molar-refractivity contribution in [1.82, 2.24) is 10.2 Å². The Morgan fingerprint density at radius 1 is 1.06 bits per heavy atom. The fraction of sp³-hybridized carbons (Fsp3) is 1.00. The second kappa shape index (κ2) is 11.3. The molecule has 0 rings (SSSR count). The number of rotatable bonds is 11. The third-order valence-electron chi connectivity index (χ3n) is 2.22. The maximum Gasteiger partial charge on any atom is 0.158 e. The summed E-state index contributed by atoms with van der Waals surface area (Å²) >= 11 is 0. The maximum atomic E-state index is 5.46. The summed E-state index contributed by atoms with van der Waals surface area (Å²) in [6, 6.07) is 0. The maximum absolute atomic E-state index is 5.46. The standard InChI is InChI=1S/C12H28N2O2/c1-5-15-12(16-6-2)8-10-13-9-7-11-14(3)4/h12-13H,5-11H2,1-4H3. The minimum Gasteiger partial charge on any atom is -0.353 e. The Morgan fingerprint density at radius 3 is 2.19 bits per heavy atom. The Hall–Kier alpha value is -0.160. The van der Waals surface area contributed by atoms with E-state index in [1.807, 2.05) is 13.8 Å². The van der Waals surface area contributed by atoms with E-state index in [-0.39, 0.29) is 6.29 Å². The highest BCUT2D eigenvalue weighted by atomic mass is 16.7. The van der Waals surface area contributed by atoms with Crippen LogP contribution in [0, 0.1) is 0 Å². The van der Waals surface area contributed by atoms with Crippen LogP contribution < -0.4 is 5.32 Å². The molecule has 0 amide bonds. The summed E-state index contributed by atoms with van der Waals surface area (Å²) in [5.41, 5.74) is 0. The fourth-order valence-corrected chi connectivity index (χ4v) is 1.45. The van der Waals surface area contributed by atoms with Crippen molar-refractivity contribution in [2.24, 2.45) is 0 Å². The average Bonchev–Trinajstić information content (AvgIpc) is 2.23. The highest BCUT2D eigenvalue weighted by Crippen LogP contribution is 1.99. The van der Waals surface area contributed by atoms with Crippen molar-refractivity contribution in [1.29, 1.82) is 0 Å². The Labute approximate surface area is 100 Å². The van der Waals surface area contributed by atoms with Crippen LogP contribution in [-0.2, 0) is 9.47 Å². The van der Waals surface area contributed by atoms with Crippen LogP contribution in [0.4, 0.5) is 0 Å². The van der Waals surface area contributed by atoms with Crippen molar-refractivity contribution < 1.29 is 9.47 Å². The van der Waals surface area contributed by atoms with E-state index >= 15 is 0 Å². The first-order valence-electron chi connectivity index (χ1n) is 6.29. The van der Waals surface area contributed by atoms with Gasteiger partial charge in [-0.15, -0.1) is 0 Å². The molecule has 0 aliphatic carbocycles. The van der Waals surface area contributed by atoms with Crippen molar-refractivity contribution in [2.75, 3.05) is 46.9 Å². The molecule has 0 aliphatic rings. The third kappa shape index (κ3) is 10.4. The zero-order chi connectivity index (χ0) is 12.2. The zero-order valence-electron chi connectivity index (χ0n) is 11.3. The summed E-state index contributed by atoms with van der Waals surface area (Å²) in [5.74, 6) is 0.